The van der Waals surface area contributed by atoms with E-state index < -0.39 is 10.0 Å². The molecule has 2 aromatic carbocycles. The highest BCUT2D eigenvalue weighted by Gasteiger charge is 2.31. The number of hydrogen-bond acceptors (Lipinski definition) is 5. The minimum atomic E-state index is -3.81. The number of hydrogen-bond donors (Lipinski definition) is 0. The highest BCUT2D eigenvalue weighted by Crippen LogP contribution is 2.27. The zero-order valence-electron chi connectivity index (χ0n) is 20.5. The number of carbonyl (C=O) groups excluding carboxylic acids is 1. The smallest absolute Gasteiger partial charge is 0.258 e. The van der Waals surface area contributed by atoms with Gasteiger partial charge in [-0.1, -0.05) is 43.3 Å². The lowest BCUT2D eigenvalue weighted by Crippen LogP contribution is -2.50. The van der Waals surface area contributed by atoms with Gasteiger partial charge in [-0.05, 0) is 37.0 Å². The quantitative estimate of drug-likeness (QED) is 0.529. The Kier molecular flexibility index (Phi) is 6.85. The van der Waals surface area contributed by atoms with Gasteiger partial charge in [0.15, 0.2) is 0 Å². The van der Waals surface area contributed by atoms with Crippen LogP contribution >= 0.6 is 0 Å². The summed E-state index contributed by atoms with van der Waals surface area (Å²) in [5.74, 6) is 0.303. The Morgan fingerprint density at radius 1 is 0.861 bits per heavy atom. The zero-order chi connectivity index (χ0) is 25.3. The van der Waals surface area contributed by atoms with Crippen molar-refractivity contribution in [1.29, 1.82) is 0 Å². The monoisotopic (exact) mass is 508 g/mol. The maximum absolute atomic E-state index is 13.6. The molecule has 36 heavy (non-hydrogen) atoms. The highest BCUT2D eigenvalue weighted by molar-refractivity contribution is 7.89. The predicted octanol–water partition coefficient (Wildman–Crippen LogP) is 2.77. The van der Waals surface area contributed by atoms with Gasteiger partial charge in [-0.25, -0.2) is 8.42 Å². The maximum atomic E-state index is 13.6. The maximum Gasteiger partial charge on any atom is 0.258 e. The first kappa shape index (κ1) is 24.5. The second-order valence-electron chi connectivity index (χ2n) is 9.76. The lowest BCUT2D eigenvalue weighted by Gasteiger charge is -2.36. The first-order chi connectivity index (χ1) is 17.3. The molecule has 0 aliphatic carbocycles. The van der Waals surface area contributed by atoms with Crippen LogP contribution in [0.15, 0.2) is 70.5 Å². The van der Waals surface area contributed by atoms with Crippen molar-refractivity contribution < 1.29 is 13.2 Å². The Morgan fingerprint density at radius 2 is 1.47 bits per heavy atom. The molecule has 0 spiro atoms. The number of anilines is 1. The second-order valence-corrected chi connectivity index (χ2v) is 11.7. The molecule has 0 radical (unpaired) electrons. The molecule has 0 saturated carbocycles. The molecule has 1 aromatic heterocycles. The molecule has 2 fully saturated rings. The third kappa shape index (κ3) is 4.77. The normalized spacial score (nSPS) is 18.0. The fourth-order valence-corrected chi connectivity index (χ4v) is 6.78. The van der Waals surface area contributed by atoms with E-state index in [9.17, 15) is 18.0 Å². The molecule has 0 N–H and O–H groups in total. The molecule has 2 saturated heterocycles. The molecule has 3 aromatic rings. The summed E-state index contributed by atoms with van der Waals surface area (Å²) in [6, 6.07) is 16.8. The van der Waals surface area contributed by atoms with Gasteiger partial charge in [0.1, 0.15) is 11.4 Å². The molecule has 9 heteroatoms. The van der Waals surface area contributed by atoms with Gasteiger partial charge < -0.3 is 14.4 Å². The fraction of sp³-hybridized carbons (Fsp3) is 0.407. The minimum absolute atomic E-state index is 0.0916. The number of piperazine rings is 1. The summed E-state index contributed by atoms with van der Waals surface area (Å²) < 4.78 is 30.1. The number of carbonyl (C=O) groups is 1. The Hall–Kier alpha value is -3.17. The lowest BCUT2D eigenvalue weighted by atomic mass is 10.0. The number of para-hydroxylation sites is 1. The van der Waals surface area contributed by atoms with Crippen molar-refractivity contribution in [3.05, 3.63) is 71.1 Å². The van der Waals surface area contributed by atoms with Crippen molar-refractivity contribution >= 4 is 32.4 Å². The SMILES string of the molecule is CC1CCN(S(=O)(=O)c2cn(CC(=O)N3CCN(c4ccccc4)CC3)c(=O)c3ccccc23)CC1. The molecule has 3 heterocycles. The third-order valence-corrected chi connectivity index (χ3v) is 9.30. The molecule has 2 aliphatic rings. The summed E-state index contributed by atoms with van der Waals surface area (Å²) in [5, 5.41) is 0.715. The lowest BCUT2D eigenvalue weighted by molar-refractivity contribution is -0.132. The number of piperidine rings is 1. The summed E-state index contributed by atoms with van der Waals surface area (Å²) >= 11 is 0. The summed E-state index contributed by atoms with van der Waals surface area (Å²) in [7, 11) is -3.81. The number of rotatable bonds is 5. The Morgan fingerprint density at radius 3 is 2.14 bits per heavy atom. The van der Waals surface area contributed by atoms with Crippen LogP contribution in [0.1, 0.15) is 19.8 Å². The van der Waals surface area contributed by atoms with Gasteiger partial charge >= 0.3 is 0 Å². The van der Waals surface area contributed by atoms with Crippen molar-refractivity contribution in [3.8, 4) is 0 Å². The standard InChI is InChI=1S/C27H32N4O4S/c1-21-11-13-31(14-12-21)36(34,35)25-19-30(27(33)24-10-6-5-9-23(24)25)20-26(32)29-17-15-28(16-18-29)22-7-3-2-4-8-22/h2-10,19,21H,11-18,20H2,1H3. The molecule has 0 unspecified atom stereocenters. The number of sulfonamides is 1. The molecule has 0 bridgehead atoms. The minimum Gasteiger partial charge on any atom is -0.368 e. The van der Waals surface area contributed by atoms with E-state index >= 15 is 0 Å². The van der Waals surface area contributed by atoms with Crippen LogP contribution in [0.2, 0.25) is 0 Å². The van der Waals surface area contributed by atoms with Gasteiger partial charge in [0, 0.05) is 61.9 Å². The molecular formula is C27H32N4O4S. The van der Waals surface area contributed by atoms with Crippen molar-refractivity contribution in [2.24, 2.45) is 5.92 Å². The molecule has 2 aliphatic heterocycles. The Bertz CT molecular complexity index is 1400. The van der Waals surface area contributed by atoms with E-state index in [1.165, 1.54) is 15.1 Å². The van der Waals surface area contributed by atoms with Crippen LogP contribution in [-0.4, -0.2) is 67.4 Å². The van der Waals surface area contributed by atoms with E-state index in [0.717, 1.165) is 18.5 Å². The van der Waals surface area contributed by atoms with Gasteiger partial charge in [0.25, 0.3) is 5.56 Å². The molecule has 8 nitrogen and oxygen atoms in total. The van der Waals surface area contributed by atoms with E-state index in [1.807, 2.05) is 18.2 Å². The van der Waals surface area contributed by atoms with Crippen molar-refractivity contribution in [2.75, 3.05) is 44.2 Å². The van der Waals surface area contributed by atoms with Crippen LogP contribution in [0.25, 0.3) is 10.8 Å². The molecule has 190 valence electrons. The van der Waals surface area contributed by atoms with Crippen LogP contribution in [0.5, 0.6) is 0 Å². The van der Waals surface area contributed by atoms with Gasteiger partial charge in [-0.15, -0.1) is 0 Å². The third-order valence-electron chi connectivity index (χ3n) is 7.38. The largest absolute Gasteiger partial charge is 0.368 e. The van der Waals surface area contributed by atoms with Crippen molar-refractivity contribution in [2.45, 2.75) is 31.2 Å². The molecule has 5 rings (SSSR count). The first-order valence-corrected chi connectivity index (χ1v) is 14.0. The van der Waals surface area contributed by atoms with Gasteiger partial charge in [-0.3, -0.25) is 9.59 Å². The van der Waals surface area contributed by atoms with Gasteiger partial charge in [0.2, 0.25) is 15.9 Å². The number of nitrogens with zero attached hydrogens (tertiary/aromatic N) is 4. The van der Waals surface area contributed by atoms with E-state index in [1.54, 1.807) is 29.2 Å². The van der Waals surface area contributed by atoms with Crippen LogP contribution in [-0.2, 0) is 21.4 Å². The van der Waals surface area contributed by atoms with Crippen LogP contribution in [0.4, 0.5) is 5.69 Å². The number of fused-ring (bicyclic) bond motifs is 1. The molecular weight excluding hydrogens is 476 g/mol. The fourth-order valence-electron chi connectivity index (χ4n) is 5.09. The predicted molar refractivity (Wildman–Crippen MR) is 141 cm³/mol. The van der Waals surface area contributed by atoms with E-state index in [-0.39, 0.29) is 22.9 Å². The van der Waals surface area contributed by atoms with Crippen molar-refractivity contribution in [1.82, 2.24) is 13.8 Å². The van der Waals surface area contributed by atoms with E-state index in [4.69, 9.17) is 0 Å². The van der Waals surface area contributed by atoms with Crippen LogP contribution in [0.3, 0.4) is 0 Å². The molecule has 1 amide bonds. The van der Waals surface area contributed by atoms with E-state index in [0.29, 0.717) is 56.0 Å². The average Bonchev–Trinajstić information content (AvgIpc) is 2.91. The Balaban J connectivity index is 1.40. The summed E-state index contributed by atoms with van der Waals surface area (Å²) in [6.07, 6.45) is 2.99. The summed E-state index contributed by atoms with van der Waals surface area (Å²) in [4.78, 5) is 30.5. The number of aromatic nitrogens is 1. The highest BCUT2D eigenvalue weighted by atomic mass is 32.2. The second kappa shape index (κ2) is 10.1. The topological polar surface area (TPSA) is 82.9 Å². The summed E-state index contributed by atoms with van der Waals surface area (Å²) in [6.45, 7) is 5.37. The van der Waals surface area contributed by atoms with Crippen molar-refractivity contribution in [3.63, 3.8) is 0 Å². The van der Waals surface area contributed by atoms with E-state index in [2.05, 4.69) is 24.0 Å². The number of pyridine rings is 1. The Labute approximate surface area is 211 Å². The molecule has 0 atom stereocenters. The van der Waals surface area contributed by atoms with Gasteiger partial charge in [0.05, 0.1) is 0 Å². The first-order valence-electron chi connectivity index (χ1n) is 12.5. The van der Waals surface area contributed by atoms with Crippen LogP contribution < -0.4 is 10.5 Å². The summed E-state index contributed by atoms with van der Waals surface area (Å²) in [5.41, 5.74) is 0.769. The zero-order valence-corrected chi connectivity index (χ0v) is 21.4. The average molecular weight is 509 g/mol. The number of amides is 1. The number of benzene rings is 2. The van der Waals surface area contributed by atoms with Crippen LogP contribution in [0, 0.1) is 5.92 Å². The van der Waals surface area contributed by atoms with Gasteiger partial charge in [-0.2, -0.15) is 4.31 Å².